The third kappa shape index (κ3) is 6.24. The first-order valence-corrected chi connectivity index (χ1v) is 11.3. The Labute approximate surface area is 141 Å². The van der Waals surface area contributed by atoms with Crippen molar-refractivity contribution in [3.05, 3.63) is 29.8 Å². The van der Waals surface area contributed by atoms with Crippen molar-refractivity contribution < 1.29 is 12.6 Å². The first kappa shape index (κ1) is 20.1. The molecule has 0 saturated heterocycles. The van der Waals surface area contributed by atoms with Crippen LogP contribution in [0.15, 0.2) is 32.9 Å². The van der Waals surface area contributed by atoms with Gasteiger partial charge in [0.15, 0.2) is 0 Å². The van der Waals surface area contributed by atoms with E-state index in [-0.39, 0.29) is 4.90 Å². The van der Waals surface area contributed by atoms with Gasteiger partial charge >= 0.3 is 0 Å². The molecule has 23 heavy (non-hydrogen) atoms. The van der Waals surface area contributed by atoms with Crippen LogP contribution in [0.25, 0.3) is 0 Å². The highest BCUT2D eigenvalue weighted by molar-refractivity contribution is 8.01. The fourth-order valence-electron chi connectivity index (χ4n) is 2.10. The molecule has 0 fully saturated rings. The van der Waals surface area contributed by atoms with Crippen LogP contribution in [0, 0.1) is 6.92 Å². The molecule has 0 radical (unpaired) electrons. The molecule has 5 nitrogen and oxygen atoms in total. The molecule has 0 bridgehead atoms. The summed E-state index contributed by atoms with van der Waals surface area (Å²) < 4.78 is 43.3. The first-order chi connectivity index (χ1) is 10.7. The molecule has 0 aliphatic rings. The minimum absolute atomic E-state index is 0.0867. The Morgan fingerprint density at radius 3 is 1.87 bits per heavy atom. The SMILES string of the molecule is CCCCN(CCCC)S(C)(=O)=NS(=O)(=O)c1ccc(C)cc1. The molecule has 1 rings (SSSR count). The van der Waals surface area contributed by atoms with Crippen LogP contribution in [0.4, 0.5) is 0 Å². The number of nitrogens with zero attached hydrogens (tertiary/aromatic N) is 2. The molecule has 1 aromatic rings. The lowest BCUT2D eigenvalue weighted by Gasteiger charge is -2.22. The molecule has 0 aromatic heterocycles. The van der Waals surface area contributed by atoms with Crippen molar-refractivity contribution in [3.8, 4) is 0 Å². The average molecular weight is 361 g/mol. The van der Waals surface area contributed by atoms with Gasteiger partial charge in [-0.3, -0.25) is 0 Å². The van der Waals surface area contributed by atoms with Crippen molar-refractivity contribution in [3.63, 3.8) is 0 Å². The highest BCUT2D eigenvalue weighted by atomic mass is 32.3. The van der Waals surface area contributed by atoms with Gasteiger partial charge < -0.3 is 0 Å². The van der Waals surface area contributed by atoms with Gasteiger partial charge in [0.05, 0.1) is 4.90 Å². The average Bonchev–Trinajstić information content (AvgIpc) is 2.46. The zero-order valence-electron chi connectivity index (χ0n) is 14.5. The Hall–Kier alpha value is -0.920. The van der Waals surface area contributed by atoms with Crippen molar-refractivity contribution >= 4 is 19.9 Å². The van der Waals surface area contributed by atoms with E-state index < -0.39 is 19.9 Å². The summed E-state index contributed by atoms with van der Waals surface area (Å²) in [4.78, 5) is 0.0867. The van der Waals surface area contributed by atoms with E-state index in [4.69, 9.17) is 0 Å². The standard InChI is InChI=1S/C16H28N2O3S2/c1-5-7-13-18(14-8-6-2)22(4,19)17-23(20,21)16-11-9-15(3)10-12-16/h9-12H,5-8,13-14H2,1-4H3. The summed E-state index contributed by atoms with van der Waals surface area (Å²) in [5, 5.41) is 0. The van der Waals surface area contributed by atoms with E-state index in [0.29, 0.717) is 13.1 Å². The zero-order chi connectivity index (χ0) is 17.5. The second-order valence-electron chi connectivity index (χ2n) is 5.76. The van der Waals surface area contributed by atoms with Crippen molar-refractivity contribution in [2.45, 2.75) is 51.3 Å². The van der Waals surface area contributed by atoms with Crippen LogP contribution in [0.2, 0.25) is 0 Å². The van der Waals surface area contributed by atoms with E-state index in [1.54, 1.807) is 16.4 Å². The summed E-state index contributed by atoms with van der Waals surface area (Å²) in [5.74, 6) is 0. The molecular formula is C16H28N2O3S2. The van der Waals surface area contributed by atoms with Crippen molar-refractivity contribution in [2.75, 3.05) is 19.3 Å². The highest BCUT2D eigenvalue weighted by Crippen LogP contribution is 2.17. The Balaban J connectivity index is 3.16. The lowest BCUT2D eigenvalue weighted by Crippen LogP contribution is -2.32. The van der Waals surface area contributed by atoms with Gasteiger partial charge in [0, 0.05) is 19.3 Å². The fourth-order valence-corrected chi connectivity index (χ4v) is 5.70. The number of benzene rings is 1. The van der Waals surface area contributed by atoms with E-state index in [1.807, 2.05) is 6.92 Å². The normalized spacial score (nSPS) is 14.7. The van der Waals surface area contributed by atoms with Crippen LogP contribution >= 0.6 is 0 Å². The second-order valence-corrected chi connectivity index (χ2v) is 9.82. The Morgan fingerprint density at radius 2 is 1.43 bits per heavy atom. The lowest BCUT2D eigenvalue weighted by atomic mass is 10.2. The van der Waals surface area contributed by atoms with E-state index in [0.717, 1.165) is 31.2 Å². The number of unbranched alkanes of at least 4 members (excludes halogenated alkanes) is 2. The van der Waals surface area contributed by atoms with Crippen molar-refractivity contribution in [2.24, 2.45) is 3.77 Å². The van der Waals surface area contributed by atoms with Crippen molar-refractivity contribution in [1.29, 1.82) is 0 Å². The van der Waals surface area contributed by atoms with E-state index in [1.165, 1.54) is 18.4 Å². The highest BCUT2D eigenvalue weighted by Gasteiger charge is 2.20. The Kier molecular flexibility index (Phi) is 7.70. The number of aryl methyl sites for hydroxylation is 1. The van der Waals surface area contributed by atoms with Crippen LogP contribution in [-0.2, 0) is 19.9 Å². The van der Waals surface area contributed by atoms with Crippen LogP contribution in [0.3, 0.4) is 0 Å². The zero-order valence-corrected chi connectivity index (χ0v) is 16.1. The molecule has 1 atom stereocenters. The maximum atomic E-state index is 12.9. The van der Waals surface area contributed by atoms with Gasteiger partial charge in [-0.15, -0.1) is 0 Å². The summed E-state index contributed by atoms with van der Waals surface area (Å²) in [6.45, 7) is 7.18. The molecular weight excluding hydrogens is 332 g/mol. The van der Waals surface area contributed by atoms with Gasteiger partial charge in [-0.1, -0.05) is 48.2 Å². The minimum Gasteiger partial charge on any atom is -0.233 e. The molecule has 1 unspecified atom stereocenters. The second kappa shape index (κ2) is 8.80. The first-order valence-electron chi connectivity index (χ1n) is 8.03. The number of hydrogen-bond acceptors (Lipinski definition) is 3. The third-order valence-electron chi connectivity index (χ3n) is 3.56. The van der Waals surface area contributed by atoms with Gasteiger partial charge in [0.2, 0.25) is 0 Å². The number of sulfonamides is 1. The molecule has 1 aromatic carbocycles. The molecule has 132 valence electrons. The van der Waals surface area contributed by atoms with Crippen LogP contribution < -0.4 is 0 Å². The van der Waals surface area contributed by atoms with Crippen molar-refractivity contribution in [1.82, 2.24) is 4.31 Å². The summed E-state index contributed by atoms with van der Waals surface area (Å²) in [6.07, 6.45) is 5.08. The molecule has 0 saturated carbocycles. The monoisotopic (exact) mass is 360 g/mol. The predicted octanol–water partition coefficient (Wildman–Crippen LogP) is 3.60. The predicted molar refractivity (Wildman–Crippen MR) is 96.2 cm³/mol. The van der Waals surface area contributed by atoms with E-state index >= 15 is 0 Å². The smallest absolute Gasteiger partial charge is 0.233 e. The summed E-state index contributed by atoms with van der Waals surface area (Å²) in [6, 6.07) is 6.44. The molecule has 0 aliphatic carbocycles. The minimum atomic E-state index is -3.92. The molecule has 0 amide bonds. The molecule has 0 heterocycles. The van der Waals surface area contributed by atoms with E-state index in [9.17, 15) is 12.6 Å². The number of rotatable bonds is 9. The topological polar surface area (TPSA) is 66.8 Å². The van der Waals surface area contributed by atoms with Gasteiger partial charge in [0.25, 0.3) is 10.0 Å². The molecule has 7 heteroatoms. The largest absolute Gasteiger partial charge is 0.291 e. The number of hydrogen-bond donors (Lipinski definition) is 0. The summed E-state index contributed by atoms with van der Waals surface area (Å²) in [7, 11) is -6.88. The van der Waals surface area contributed by atoms with Gasteiger partial charge in [-0.05, 0) is 31.9 Å². The van der Waals surface area contributed by atoms with Gasteiger partial charge in [-0.25, -0.2) is 8.51 Å². The maximum absolute atomic E-state index is 12.9. The molecule has 0 N–H and O–H groups in total. The maximum Gasteiger partial charge on any atom is 0.291 e. The Morgan fingerprint density at radius 1 is 0.957 bits per heavy atom. The molecule has 0 spiro atoms. The summed E-state index contributed by atoms with van der Waals surface area (Å²) >= 11 is 0. The van der Waals surface area contributed by atoms with Gasteiger partial charge in [0.1, 0.15) is 9.92 Å². The quantitative estimate of drug-likeness (QED) is 0.676. The van der Waals surface area contributed by atoms with Crippen LogP contribution in [0.5, 0.6) is 0 Å². The third-order valence-corrected chi connectivity index (χ3v) is 7.64. The lowest BCUT2D eigenvalue weighted by molar-refractivity contribution is 0.420. The molecule has 0 aliphatic heterocycles. The van der Waals surface area contributed by atoms with Crippen LogP contribution in [-0.4, -0.2) is 36.3 Å². The fraction of sp³-hybridized carbons (Fsp3) is 0.625. The van der Waals surface area contributed by atoms with E-state index in [2.05, 4.69) is 17.6 Å². The summed E-state index contributed by atoms with van der Waals surface area (Å²) in [5.41, 5.74) is 0.966. The van der Waals surface area contributed by atoms with Gasteiger partial charge in [-0.2, -0.15) is 8.42 Å². The Bertz CT molecular complexity index is 695. The van der Waals surface area contributed by atoms with Crippen LogP contribution in [0.1, 0.15) is 45.1 Å².